The van der Waals surface area contributed by atoms with E-state index in [2.05, 4.69) is 26.2 Å². The fourth-order valence-electron chi connectivity index (χ4n) is 2.10. The highest BCUT2D eigenvalue weighted by atomic mass is 16.5. The Hall–Kier alpha value is -3.95. The molecule has 1 aromatic heterocycles. The van der Waals surface area contributed by atoms with Gasteiger partial charge in [0.1, 0.15) is 12.1 Å². The summed E-state index contributed by atoms with van der Waals surface area (Å²) >= 11 is 0. The van der Waals surface area contributed by atoms with Gasteiger partial charge in [-0.2, -0.15) is 0 Å². The average molecular weight is 354 g/mol. The number of amides is 2. The molecule has 132 valence electrons. The van der Waals surface area contributed by atoms with Gasteiger partial charge in [-0.3, -0.25) is 10.1 Å². The number of anilines is 2. The molecule has 3 rings (SSSR count). The maximum atomic E-state index is 12.0. The molecule has 3 aromatic rings. The third kappa shape index (κ3) is 4.54. The number of carbonyl (C=O) groups is 2. The van der Waals surface area contributed by atoms with Crippen molar-refractivity contribution in [1.82, 2.24) is 20.2 Å². The van der Waals surface area contributed by atoms with Crippen molar-refractivity contribution in [2.24, 2.45) is 0 Å². The number of nitrogens with one attached hydrogen (secondary N) is 2. The molecule has 3 N–H and O–H groups in total. The van der Waals surface area contributed by atoms with Gasteiger partial charge in [0, 0.05) is 17.4 Å². The molecular formula is C16H14N6O4. The minimum Gasteiger partial charge on any atom is -0.484 e. The van der Waals surface area contributed by atoms with Gasteiger partial charge >= 0.3 is 6.09 Å². The molecule has 0 atom stereocenters. The van der Waals surface area contributed by atoms with Crippen LogP contribution in [0.1, 0.15) is 0 Å². The van der Waals surface area contributed by atoms with E-state index >= 15 is 0 Å². The Balaban J connectivity index is 1.54. The summed E-state index contributed by atoms with van der Waals surface area (Å²) in [5.41, 5.74) is 1.64. The van der Waals surface area contributed by atoms with Crippen LogP contribution in [0.2, 0.25) is 0 Å². The number of carboxylic acid groups (broad SMARTS) is 1. The van der Waals surface area contributed by atoms with E-state index < -0.39 is 6.09 Å². The van der Waals surface area contributed by atoms with Crippen LogP contribution in [-0.2, 0) is 4.79 Å². The number of hydrogen-bond acceptors (Lipinski definition) is 6. The molecule has 0 aliphatic rings. The number of hydrogen-bond donors (Lipinski definition) is 3. The molecule has 2 aromatic carbocycles. The summed E-state index contributed by atoms with van der Waals surface area (Å²) in [5, 5.41) is 24.4. The summed E-state index contributed by atoms with van der Waals surface area (Å²) < 4.78 is 6.94. The second-order valence-electron chi connectivity index (χ2n) is 5.10. The Morgan fingerprint density at radius 1 is 1.08 bits per heavy atom. The first-order valence-electron chi connectivity index (χ1n) is 7.46. The van der Waals surface area contributed by atoms with Gasteiger partial charge in [-0.1, -0.05) is 6.07 Å². The molecule has 0 aliphatic heterocycles. The zero-order chi connectivity index (χ0) is 18.4. The Labute approximate surface area is 147 Å². The van der Waals surface area contributed by atoms with E-state index in [1.165, 1.54) is 11.0 Å². The third-order valence-corrected chi connectivity index (χ3v) is 3.22. The molecule has 0 bridgehead atoms. The van der Waals surface area contributed by atoms with E-state index in [4.69, 9.17) is 9.84 Å². The number of aromatic nitrogens is 4. The van der Waals surface area contributed by atoms with Crippen molar-refractivity contribution < 1.29 is 19.4 Å². The lowest BCUT2D eigenvalue weighted by molar-refractivity contribution is -0.118. The maximum absolute atomic E-state index is 12.0. The highest BCUT2D eigenvalue weighted by molar-refractivity contribution is 5.92. The molecule has 0 spiro atoms. The third-order valence-electron chi connectivity index (χ3n) is 3.22. The van der Waals surface area contributed by atoms with Gasteiger partial charge in [0.15, 0.2) is 6.61 Å². The molecule has 0 saturated carbocycles. The maximum Gasteiger partial charge on any atom is 0.409 e. The number of ether oxygens (including phenoxy) is 1. The Morgan fingerprint density at radius 2 is 1.81 bits per heavy atom. The molecule has 0 aliphatic carbocycles. The van der Waals surface area contributed by atoms with Crippen LogP contribution in [0.15, 0.2) is 54.9 Å². The molecule has 2 amide bonds. The van der Waals surface area contributed by atoms with Gasteiger partial charge < -0.3 is 15.2 Å². The highest BCUT2D eigenvalue weighted by Crippen LogP contribution is 2.16. The van der Waals surface area contributed by atoms with Crippen LogP contribution >= 0.6 is 0 Å². The molecule has 0 saturated heterocycles. The van der Waals surface area contributed by atoms with Crippen molar-refractivity contribution >= 4 is 23.4 Å². The number of tetrazole rings is 1. The van der Waals surface area contributed by atoms with E-state index in [1.54, 1.807) is 48.5 Å². The number of rotatable bonds is 6. The minimum atomic E-state index is -1.15. The molecule has 26 heavy (non-hydrogen) atoms. The lowest BCUT2D eigenvalue weighted by Crippen LogP contribution is -2.20. The number of nitrogens with zero attached hydrogens (tertiary/aromatic N) is 4. The van der Waals surface area contributed by atoms with Crippen LogP contribution in [0, 0.1) is 0 Å². The largest absolute Gasteiger partial charge is 0.484 e. The molecule has 10 heteroatoms. The van der Waals surface area contributed by atoms with Crippen molar-refractivity contribution in [3.8, 4) is 11.4 Å². The van der Waals surface area contributed by atoms with E-state index in [9.17, 15) is 9.59 Å². The number of benzene rings is 2. The molecule has 10 nitrogen and oxygen atoms in total. The predicted octanol–water partition coefficient (Wildman–Crippen LogP) is 1.77. The Kier molecular flexibility index (Phi) is 5.03. The van der Waals surface area contributed by atoms with Gasteiger partial charge in [-0.25, -0.2) is 9.48 Å². The van der Waals surface area contributed by atoms with Crippen LogP contribution in [0.4, 0.5) is 16.2 Å². The van der Waals surface area contributed by atoms with Crippen molar-refractivity contribution in [3.05, 3.63) is 54.9 Å². The lowest BCUT2D eigenvalue weighted by atomic mass is 10.3. The predicted molar refractivity (Wildman–Crippen MR) is 91.4 cm³/mol. The van der Waals surface area contributed by atoms with Gasteiger partial charge in [0.05, 0.1) is 5.69 Å². The summed E-state index contributed by atoms with van der Waals surface area (Å²) in [4.78, 5) is 22.5. The molecule has 0 radical (unpaired) electrons. The second-order valence-corrected chi connectivity index (χ2v) is 5.10. The summed E-state index contributed by atoms with van der Waals surface area (Å²) in [7, 11) is 0. The zero-order valence-corrected chi connectivity index (χ0v) is 13.4. The molecular weight excluding hydrogens is 340 g/mol. The summed E-state index contributed by atoms with van der Waals surface area (Å²) in [6.45, 7) is -0.186. The molecule has 0 unspecified atom stereocenters. The van der Waals surface area contributed by atoms with Crippen LogP contribution in [0.5, 0.6) is 5.75 Å². The van der Waals surface area contributed by atoms with Crippen LogP contribution in [0.25, 0.3) is 5.69 Å². The van der Waals surface area contributed by atoms with Gasteiger partial charge in [0.25, 0.3) is 5.91 Å². The van der Waals surface area contributed by atoms with Crippen molar-refractivity contribution in [2.75, 3.05) is 17.2 Å². The van der Waals surface area contributed by atoms with E-state index in [0.29, 0.717) is 22.8 Å². The normalized spacial score (nSPS) is 10.2. The van der Waals surface area contributed by atoms with Crippen molar-refractivity contribution in [3.63, 3.8) is 0 Å². The monoisotopic (exact) mass is 354 g/mol. The van der Waals surface area contributed by atoms with Crippen molar-refractivity contribution in [1.29, 1.82) is 0 Å². The first kappa shape index (κ1) is 16.9. The zero-order valence-electron chi connectivity index (χ0n) is 13.4. The van der Waals surface area contributed by atoms with Crippen LogP contribution in [-0.4, -0.2) is 43.9 Å². The molecule has 1 heterocycles. The highest BCUT2D eigenvalue weighted by Gasteiger charge is 2.06. The smallest absolute Gasteiger partial charge is 0.409 e. The van der Waals surface area contributed by atoms with Crippen LogP contribution < -0.4 is 15.4 Å². The van der Waals surface area contributed by atoms with Crippen LogP contribution in [0.3, 0.4) is 0 Å². The van der Waals surface area contributed by atoms with Gasteiger partial charge in [-0.15, -0.1) is 5.10 Å². The lowest BCUT2D eigenvalue weighted by Gasteiger charge is -2.09. The first-order chi connectivity index (χ1) is 12.6. The summed E-state index contributed by atoms with van der Waals surface area (Å²) in [6.07, 6.45) is 0.299. The quantitative estimate of drug-likeness (QED) is 0.614. The van der Waals surface area contributed by atoms with Crippen molar-refractivity contribution in [2.45, 2.75) is 0 Å². The minimum absolute atomic E-state index is 0.186. The standard InChI is InChI=1S/C16H14N6O4/c23-15(18-11-4-6-12(7-5-11)19-16(24)25)9-26-14-3-1-2-13(8-14)22-10-17-20-21-22/h1-8,10,19H,9H2,(H,18,23)(H,24,25). The second kappa shape index (κ2) is 7.75. The average Bonchev–Trinajstić information content (AvgIpc) is 3.16. The Bertz CT molecular complexity index is 895. The first-order valence-corrected chi connectivity index (χ1v) is 7.46. The van der Waals surface area contributed by atoms with E-state index in [1.807, 2.05) is 0 Å². The topological polar surface area (TPSA) is 131 Å². The number of carbonyl (C=O) groups excluding carboxylic acids is 1. The van der Waals surface area contributed by atoms with E-state index in [0.717, 1.165) is 0 Å². The Morgan fingerprint density at radius 3 is 2.46 bits per heavy atom. The summed E-state index contributed by atoms with van der Waals surface area (Å²) in [5.74, 6) is 0.144. The van der Waals surface area contributed by atoms with Gasteiger partial charge in [0.2, 0.25) is 0 Å². The van der Waals surface area contributed by atoms with E-state index in [-0.39, 0.29) is 12.5 Å². The fourth-order valence-corrected chi connectivity index (χ4v) is 2.10. The SMILES string of the molecule is O=C(O)Nc1ccc(NC(=O)COc2cccc(-n3cnnn3)c2)cc1. The summed E-state index contributed by atoms with van der Waals surface area (Å²) in [6, 6.07) is 13.2. The molecule has 0 fully saturated rings. The fraction of sp³-hybridized carbons (Fsp3) is 0.0625. The van der Waals surface area contributed by atoms with Gasteiger partial charge in [-0.05, 0) is 46.8 Å².